The van der Waals surface area contributed by atoms with Gasteiger partial charge in [0.1, 0.15) is 0 Å². The van der Waals surface area contributed by atoms with Crippen LogP contribution in [0.2, 0.25) is 0 Å². The summed E-state index contributed by atoms with van der Waals surface area (Å²) in [5.74, 6) is 0. The van der Waals surface area contributed by atoms with Crippen LogP contribution in [0.3, 0.4) is 0 Å². The van der Waals surface area contributed by atoms with Gasteiger partial charge in [-0.25, -0.2) is 12.1 Å². The van der Waals surface area contributed by atoms with Crippen molar-refractivity contribution in [3.8, 4) is 0 Å². The molecule has 0 aromatic carbocycles. The molecular weight excluding hydrogens is 274 g/mol. The molecular formula is C5H4NOW+. The number of rotatable bonds is 0. The van der Waals surface area contributed by atoms with Crippen LogP contribution in [0.25, 0.3) is 0 Å². The summed E-state index contributed by atoms with van der Waals surface area (Å²) in [6.45, 7) is 0. The predicted octanol–water partition coefficient (Wildman–Crippen LogP) is 0.173. The average molecular weight is 278 g/mol. The summed E-state index contributed by atoms with van der Waals surface area (Å²) in [4.78, 5) is 12.6. The van der Waals surface area contributed by atoms with Crippen LogP contribution in [-0.2, 0) is 21.1 Å². The first-order valence-electron chi connectivity index (χ1n) is 1.94. The molecule has 0 aliphatic heterocycles. The third-order valence-corrected chi connectivity index (χ3v) is 0.629. The first-order valence-corrected chi connectivity index (χ1v) is 1.94. The van der Waals surface area contributed by atoms with Gasteiger partial charge in [-0.2, -0.15) is 0 Å². The fourth-order valence-corrected chi connectivity index (χ4v) is 0.333. The Bertz CT molecular complexity index is 178. The van der Waals surface area contributed by atoms with E-state index in [0.29, 0.717) is 0 Å². The maximum absolute atomic E-state index is 10.2. The summed E-state index contributed by atoms with van der Waals surface area (Å²) in [6.07, 6.45) is 1.47. The molecule has 0 aliphatic carbocycles. The molecule has 2 nitrogen and oxygen atoms in total. The number of nitrogens with one attached hydrogen (secondary N) is 1. The Morgan fingerprint density at radius 1 is 1.62 bits per heavy atom. The second kappa shape index (κ2) is 3.62. The average Bonchev–Trinajstić information content (AvgIpc) is 1.69. The molecule has 0 radical (unpaired) electrons. The molecule has 0 aliphatic rings. The van der Waals surface area contributed by atoms with Gasteiger partial charge in [-0.05, 0) is 0 Å². The molecule has 1 aromatic heterocycles. The van der Waals surface area contributed by atoms with Gasteiger partial charge in [0.25, 0.3) is 0 Å². The molecule has 1 N–H and O–H groups in total. The zero-order valence-corrected chi connectivity index (χ0v) is 6.98. The minimum atomic E-state index is -0.0845. The number of hydrogen-bond donors (Lipinski definition) is 1. The van der Waals surface area contributed by atoms with E-state index in [-0.39, 0.29) is 26.6 Å². The van der Waals surface area contributed by atoms with Crippen molar-refractivity contribution in [1.29, 1.82) is 0 Å². The van der Waals surface area contributed by atoms with Crippen LogP contribution >= 0.6 is 0 Å². The van der Waals surface area contributed by atoms with E-state index >= 15 is 0 Å². The number of H-pyrrole nitrogens is 1. The first-order chi connectivity index (χ1) is 3.39. The van der Waals surface area contributed by atoms with E-state index < -0.39 is 0 Å². The van der Waals surface area contributed by atoms with Gasteiger partial charge in [0.2, 0.25) is 0 Å². The molecule has 0 atom stereocenters. The molecule has 0 spiro atoms. The van der Waals surface area contributed by atoms with E-state index in [9.17, 15) is 4.79 Å². The van der Waals surface area contributed by atoms with Crippen molar-refractivity contribution in [1.82, 2.24) is 4.98 Å². The Labute approximate surface area is 61.2 Å². The molecule has 0 fully saturated rings. The van der Waals surface area contributed by atoms with Crippen molar-refractivity contribution < 1.29 is 21.1 Å². The molecule has 0 bridgehead atoms. The van der Waals surface area contributed by atoms with E-state index in [0.717, 1.165) is 0 Å². The van der Waals surface area contributed by atoms with Crippen LogP contribution in [0.15, 0.2) is 23.1 Å². The Morgan fingerprint density at radius 2 is 2.38 bits per heavy atom. The van der Waals surface area contributed by atoms with E-state index in [4.69, 9.17) is 0 Å². The second-order valence-corrected chi connectivity index (χ2v) is 1.15. The van der Waals surface area contributed by atoms with E-state index in [1.807, 2.05) is 0 Å². The number of hydrogen-bond acceptors (Lipinski definition) is 1. The topological polar surface area (TPSA) is 32.9 Å². The fourth-order valence-electron chi connectivity index (χ4n) is 0.333. The smallest absolute Gasteiger partial charge is 0.362 e. The maximum atomic E-state index is 10.2. The van der Waals surface area contributed by atoms with Crippen molar-refractivity contribution in [3.63, 3.8) is 0 Å². The summed E-state index contributed by atoms with van der Waals surface area (Å²) in [5.41, 5.74) is -0.0845. The van der Waals surface area contributed by atoms with Crippen LogP contribution in [-0.4, -0.2) is 4.98 Å². The van der Waals surface area contributed by atoms with Crippen molar-refractivity contribution in [2.75, 3.05) is 0 Å². The fraction of sp³-hybridized carbons (Fsp3) is 0. The Kier molecular flexibility index (Phi) is 3.45. The van der Waals surface area contributed by atoms with Gasteiger partial charge in [-0.1, -0.05) is 6.20 Å². The summed E-state index contributed by atoms with van der Waals surface area (Å²) in [7, 11) is 0. The molecule has 8 heavy (non-hydrogen) atoms. The molecule has 1 heterocycles. The third-order valence-electron chi connectivity index (χ3n) is 0.629. The molecule has 0 unspecified atom stereocenters. The summed E-state index contributed by atoms with van der Waals surface area (Å²) in [5, 5.41) is 0. The van der Waals surface area contributed by atoms with Crippen LogP contribution in [0.4, 0.5) is 0 Å². The second-order valence-electron chi connectivity index (χ2n) is 1.15. The maximum Gasteiger partial charge on any atom is 2.00 e. The van der Waals surface area contributed by atoms with Gasteiger partial charge < -0.3 is 4.98 Å². The molecule has 0 amide bonds. The Morgan fingerprint density at radius 3 is 2.62 bits per heavy atom. The van der Waals surface area contributed by atoms with E-state index in [1.165, 1.54) is 12.3 Å². The van der Waals surface area contributed by atoms with E-state index in [2.05, 4.69) is 11.1 Å². The number of aromatic nitrogens is 1. The largest absolute Gasteiger partial charge is 2.00 e. The summed E-state index contributed by atoms with van der Waals surface area (Å²) < 4.78 is 0. The van der Waals surface area contributed by atoms with Crippen molar-refractivity contribution in [3.05, 3.63) is 34.7 Å². The van der Waals surface area contributed by atoms with E-state index in [1.54, 1.807) is 6.07 Å². The standard InChI is InChI=1S/C5H4NO.W/c7-5-3-1-2-4-6-5;/h1,3-4H,(H,6,7);/q-1;+2. The Balaban J connectivity index is 0.000000490. The zero-order valence-electron chi connectivity index (χ0n) is 4.05. The minimum absolute atomic E-state index is 0. The third kappa shape index (κ3) is 2.08. The Hall–Kier alpha value is -0.362. The monoisotopic (exact) mass is 278 g/mol. The molecule has 3 heteroatoms. The first kappa shape index (κ1) is 7.64. The predicted molar refractivity (Wildman–Crippen MR) is 25.9 cm³/mol. The molecule has 40 valence electrons. The van der Waals surface area contributed by atoms with Gasteiger partial charge in [-0.3, -0.25) is 4.79 Å². The van der Waals surface area contributed by atoms with Gasteiger partial charge in [0.15, 0.2) is 5.56 Å². The number of aromatic amines is 1. The summed E-state index contributed by atoms with van der Waals surface area (Å²) >= 11 is 0. The summed E-state index contributed by atoms with van der Waals surface area (Å²) in [6, 6.07) is 5.66. The zero-order chi connectivity index (χ0) is 5.11. The van der Waals surface area contributed by atoms with Gasteiger partial charge in [0, 0.05) is 0 Å². The van der Waals surface area contributed by atoms with Crippen LogP contribution in [0.5, 0.6) is 0 Å². The molecule has 1 rings (SSSR count). The van der Waals surface area contributed by atoms with Crippen LogP contribution in [0.1, 0.15) is 0 Å². The van der Waals surface area contributed by atoms with Crippen LogP contribution in [0, 0.1) is 6.07 Å². The number of pyridine rings is 1. The van der Waals surface area contributed by atoms with Gasteiger partial charge in [-0.15, -0.1) is 6.07 Å². The van der Waals surface area contributed by atoms with Gasteiger partial charge >= 0.3 is 21.1 Å². The van der Waals surface area contributed by atoms with Crippen LogP contribution < -0.4 is 5.56 Å². The van der Waals surface area contributed by atoms with Gasteiger partial charge in [0.05, 0.1) is 0 Å². The van der Waals surface area contributed by atoms with Crippen molar-refractivity contribution >= 4 is 0 Å². The van der Waals surface area contributed by atoms with Crippen molar-refractivity contribution in [2.45, 2.75) is 0 Å². The molecule has 1 aromatic rings. The normalized spacial score (nSPS) is 7.50. The molecule has 0 saturated heterocycles. The van der Waals surface area contributed by atoms with Crippen molar-refractivity contribution in [2.24, 2.45) is 0 Å². The molecule has 0 saturated carbocycles. The minimum Gasteiger partial charge on any atom is -0.362 e. The quantitative estimate of drug-likeness (QED) is 0.674. The SMILES string of the molecule is O=c1cc[c-]c[nH]1.[W+2].